The Bertz CT molecular complexity index is 727. The Morgan fingerprint density at radius 1 is 1.35 bits per heavy atom. The number of hydrogen-bond donors (Lipinski definition) is 3. The molecule has 3 N–H and O–H groups in total. The number of rotatable bonds is 4. The Morgan fingerprint density at radius 2 is 2.00 bits per heavy atom. The summed E-state index contributed by atoms with van der Waals surface area (Å²) in [6, 6.07) is 6.97. The van der Waals surface area contributed by atoms with Crippen LogP contribution in [-0.4, -0.2) is 32.1 Å². The number of carboxylic acid groups (broad SMARTS) is 1. The molecule has 1 aromatic heterocycles. The molecule has 0 atom stereocenters. The van der Waals surface area contributed by atoms with Gasteiger partial charge in [0, 0.05) is 0 Å². The zero-order valence-electron chi connectivity index (χ0n) is 11.1. The highest BCUT2D eigenvalue weighted by Crippen LogP contribution is 2.09. The molecule has 7 nitrogen and oxygen atoms in total. The average Bonchev–Trinajstić information content (AvgIpc) is 2.65. The first-order chi connectivity index (χ1) is 9.31. The molecule has 1 heterocycles. The molecule has 0 spiro atoms. The summed E-state index contributed by atoms with van der Waals surface area (Å²) in [6.07, 6.45) is 0. The third kappa shape index (κ3) is 2.56. The normalized spacial score (nSPS) is 11.5. The highest BCUT2D eigenvalue weighted by atomic mass is 16.4. The number of carbonyl (C=O) groups is 2. The zero-order chi connectivity index (χ0) is 14.9. The van der Waals surface area contributed by atoms with Gasteiger partial charge in [0.25, 0.3) is 0 Å². The summed E-state index contributed by atoms with van der Waals surface area (Å²) < 4.78 is 1.27. The third-order valence-electron chi connectivity index (χ3n) is 2.97. The first kappa shape index (κ1) is 13.9. The van der Waals surface area contributed by atoms with Crippen molar-refractivity contribution in [2.45, 2.75) is 25.9 Å². The van der Waals surface area contributed by atoms with Gasteiger partial charge in [0.05, 0.1) is 11.0 Å². The van der Waals surface area contributed by atoms with Crippen LogP contribution in [0.4, 0.5) is 0 Å². The van der Waals surface area contributed by atoms with Crippen LogP contribution in [0, 0.1) is 0 Å². The van der Waals surface area contributed by atoms with Gasteiger partial charge in [-0.1, -0.05) is 12.1 Å². The van der Waals surface area contributed by atoms with Gasteiger partial charge in [-0.2, -0.15) is 0 Å². The van der Waals surface area contributed by atoms with Gasteiger partial charge in [0.1, 0.15) is 12.1 Å². The Kier molecular flexibility index (Phi) is 3.35. The molecule has 20 heavy (non-hydrogen) atoms. The molecule has 0 bridgehead atoms. The van der Waals surface area contributed by atoms with Gasteiger partial charge in [-0.3, -0.25) is 9.36 Å². The van der Waals surface area contributed by atoms with Crippen molar-refractivity contribution in [3.63, 3.8) is 0 Å². The highest BCUT2D eigenvalue weighted by Gasteiger charge is 2.29. The lowest BCUT2D eigenvalue weighted by Gasteiger charge is -2.20. The van der Waals surface area contributed by atoms with Crippen molar-refractivity contribution >= 4 is 22.9 Å². The number of para-hydroxylation sites is 2. The smallest absolute Gasteiger partial charge is 0.328 e. The number of aromatic nitrogens is 2. The molecule has 106 valence electrons. The Hall–Kier alpha value is -2.57. The van der Waals surface area contributed by atoms with Crippen molar-refractivity contribution in [2.75, 3.05) is 0 Å². The molecule has 7 heteroatoms. The van der Waals surface area contributed by atoms with E-state index in [1.807, 2.05) is 0 Å². The molecular formula is C13H15N3O4. The number of H-pyrrole nitrogens is 1. The van der Waals surface area contributed by atoms with Crippen LogP contribution in [0.15, 0.2) is 29.1 Å². The summed E-state index contributed by atoms with van der Waals surface area (Å²) in [5.41, 5.74) is -0.564. The number of hydrogen-bond acceptors (Lipinski definition) is 3. The van der Waals surface area contributed by atoms with Crippen LogP contribution in [0.2, 0.25) is 0 Å². The van der Waals surface area contributed by atoms with Crippen LogP contribution in [0.25, 0.3) is 11.0 Å². The summed E-state index contributed by atoms with van der Waals surface area (Å²) in [5.74, 6) is -1.68. The van der Waals surface area contributed by atoms with Gasteiger partial charge in [-0.05, 0) is 26.0 Å². The fourth-order valence-corrected chi connectivity index (χ4v) is 1.85. The minimum absolute atomic E-state index is 0.237. The molecule has 2 aromatic rings. The number of amides is 1. The Labute approximate surface area is 114 Å². The number of nitrogens with one attached hydrogen (secondary N) is 2. The van der Waals surface area contributed by atoms with E-state index in [1.54, 1.807) is 24.3 Å². The number of aromatic amines is 1. The first-order valence-corrected chi connectivity index (χ1v) is 6.03. The van der Waals surface area contributed by atoms with Gasteiger partial charge in [0.2, 0.25) is 5.91 Å². The van der Waals surface area contributed by atoms with Crippen molar-refractivity contribution in [2.24, 2.45) is 0 Å². The lowest BCUT2D eigenvalue weighted by Crippen LogP contribution is -2.51. The second-order valence-corrected chi connectivity index (χ2v) is 5.01. The van der Waals surface area contributed by atoms with Gasteiger partial charge in [-0.15, -0.1) is 0 Å². The molecule has 0 radical (unpaired) electrons. The number of fused-ring (bicyclic) bond motifs is 1. The van der Waals surface area contributed by atoms with E-state index in [-0.39, 0.29) is 6.54 Å². The van der Waals surface area contributed by atoms with Crippen molar-refractivity contribution in [1.29, 1.82) is 0 Å². The van der Waals surface area contributed by atoms with Crippen LogP contribution < -0.4 is 11.0 Å². The average molecular weight is 277 g/mol. The summed E-state index contributed by atoms with van der Waals surface area (Å²) >= 11 is 0. The second-order valence-electron chi connectivity index (χ2n) is 5.01. The number of aliphatic carboxylic acids is 1. The van der Waals surface area contributed by atoms with E-state index in [1.165, 1.54) is 18.4 Å². The van der Waals surface area contributed by atoms with Crippen LogP contribution in [0.5, 0.6) is 0 Å². The van der Waals surface area contributed by atoms with Crippen LogP contribution in [0.1, 0.15) is 13.8 Å². The van der Waals surface area contributed by atoms with Gasteiger partial charge in [0.15, 0.2) is 0 Å². The van der Waals surface area contributed by atoms with E-state index in [0.29, 0.717) is 11.0 Å². The fourth-order valence-electron chi connectivity index (χ4n) is 1.85. The van der Waals surface area contributed by atoms with E-state index >= 15 is 0 Å². The van der Waals surface area contributed by atoms with Crippen LogP contribution in [0.3, 0.4) is 0 Å². The molecule has 0 unspecified atom stereocenters. The van der Waals surface area contributed by atoms with Crippen molar-refractivity contribution in [3.05, 3.63) is 34.7 Å². The van der Waals surface area contributed by atoms with Crippen LogP contribution >= 0.6 is 0 Å². The molecule has 0 aliphatic rings. The monoisotopic (exact) mass is 277 g/mol. The highest BCUT2D eigenvalue weighted by molar-refractivity contribution is 5.87. The van der Waals surface area contributed by atoms with Crippen molar-refractivity contribution in [1.82, 2.24) is 14.9 Å². The fraction of sp³-hybridized carbons (Fsp3) is 0.308. The van der Waals surface area contributed by atoms with E-state index in [0.717, 1.165) is 0 Å². The van der Waals surface area contributed by atoms with Crippen molar-refractivity contribution < 1.29 is 14.7 Å². The summed E-state index contributed by atoms with van der Waals surface area (Å²) in [6.45, 7) is 2.52. The zero-order valence-corrected chi connectivity index (χ0v) is 11.1. The maximum atomic E-state index is 11.9. The summed E-state index contributed by atoms with van der Waals surface area (Å²) in [7, 11) is 0. The first-order valence-electron chi connectivity index (χ1n) is 6.03. The molecule has 1 aromatic carbocycles. The SMILES string of the molecule is CC(C)(NC(=O)Cn1c(=O)[nH]c2ccccc21)C(=O)O. The number of benzene rings is 1. The number of imidazole rings is 1. The lowest BCUT2D eigenvalue weighted by molar-refractivity contribution is -0.146. The number of nitrogens with zero attached hydrogens (tertiary/aromatic N) is 1. The van der Waals surface area contributed by atoms with Gasteiger partial charge in [-0.25, -0.2) is 9.59 Å². The van der Waals surface area contributed by atoms with Crippen LogP contribution in [-0.2, 0) is 16.1 Å². The number of carbonyl (C=O) groups excluding carboxylic acids is 1. The molecule has 0 fully saturated rings. The maximum absolute atomic E-state index is 11.9. The molecule has 1 amide bonds. The molecule has 0 aliphatic heterocycles. The quantitative estimate of drug-likeness (QED) is 0.748. The predicted molar refractivity (Wildman–Crippen MR) is 72.4 cm³/mol. The lowest BCUT2D eigenvalue weighted by atomic mass is 10.1. The second kappa shape index (κ2) is 4.84. The predicted octanol–water partition coefficient (Wildman–Crippen LogP) is 0.309. The van der Waals surface area contributed by atoms with E-state index in [4.69, 9.17) is 5.11 Å². The van der Waals surface area contributed by atoms with Crippen molar-refractivity contribution in [3.8, 4) is 0 Å². The molecule has 0 saturated heterocycles. The van der Waals surface area contributed by atoms with E-state index in [9.17, 15) is 14.4 Å². The number of carboxylic acids is 1. The Balaban J connectivity index is 2.25. The van der Waals surface area contributed by atoms with Gasteiger partial charge < -0.3 is 15.4 Å². The molecule has 2 rings (SSSR count). The standard InChI is InChI=1S/C13H15N3O4/c1-13(2,11(18)19)15-10(17)7-16-9-6-4-3-5-8(9)14-12(16)20/h3-6H,7H2,1-2H3,(H,14,20)(H,15,17)(H,18,19). The van der Waals surface area contributed by atoms with E-state index in [2.05, 4.69) is 10.3 Å². The topological polar surface area (TPSA) is 104 Å². The largest absolute Gasteiger partial charge is 0.480 e. The molecule has 0 aliphatic carbocycles. The van der Waals surface area contributed by atoms with Gasteiger partial charge >= 0.3 is 11.7 Å². The molecular weight excluding hydrogens is 262 g/mol. The minimum atomic E-state index is -1.38. The maximum Gasteiger partial charge on any atom is 0.328 e. The molecule has 0 saturated carbocycles. The third-order valence-corrected chi connectivity index (χ3v) is 2.97. The summed E-state index contributed by atoms with van der Waals surface area (Å²) in [5, 5.41) is 11.3. The minimum Gasteiger partial charge on any atom is -0.480 e. The van der Waals surface area contributed by atoms with E-state index < -0.39 is 23.1 Å². The Morgan fingerprint density at radius 3 is 2.65 bits per heavy atom. The summed E-state index contributed by atoms with van der Waals surface area (Å²) in [4.78, 5) is 37.2.